The largest absolute Gasteiger partial charge is 0.478 e. The molecule has 1 N–H and O–H groups in total. The topological polar surface area (TPSA) is 37.3 Å². The third-order valence-electron chi connectivity index (χ3n) is 1.77. The Labute approximate surface area is 88.9 Å². The minimum atomic E-state index is -1.21. The Morgan fingerprint density at radius 1 is 1.62 bits per heavy atom. The van der Waals surface area contributed by atoms with Gasteiger partial charge in [-0.2, -0.15) is 0 Å². The van der Waals surface area contributed by atoms with Crippen LogP contribution in [0.4, 0.5) is 4.39 Å². The predicted octanol–water partition coefficient (Wildman–Crippen LogP) is 2.69. The number of hydrogen-bond acceptors (Lipinski definition) is 1. The lowest BCUT2D eigenvalue weighted by Gasteiger charge is -2.04. The Morgan fingerprint density at radius 2 is 2.23 bits per heavy atom. The van der Waals surface area contributed by atoms with Gasteiger partial charge in [0.1, 0.15) is 11.4 Å². The van der Waals surface area contributed by atoms with Crippen molar-refractivity contribution in [3.63, 3.8) is 0 Å². The zero-order chi connectivity index (χ0) is 10.0. The van der Waals surface area contributed by atoms with Crippen LogP contribution in [-0.2, 0) is 6.42 Å². The van der Waals surface area contributed by atoms with Gasteiger partial charge in [-0.3, -0.25) is 0 Å². The van der Waals surface area contributed by atoms with Gasteiger partial charge >= 0.3 is 5.97 Å². The predicted molar refractivity (Wildman–Crippen MR) is 55.5 cm³/mol. The van der Waals surface area contributed by atoms with E-state index in [1.165, 1.54) is 0 Å². The first kappa shape index (κ1) is 10.4. The van der Waals surface area contributed by atoms with Gasteiger partial charge in [0.25, 0.3) is 0 Å². The SMILES string of the molecule is CCc1ccc(I)c(C(=O)O)c1F. The molecule has 0 fully saturated rings. The highest BCUT2D eigenvalue weighted by Crippen LogP contribution is 2.19. The van der Waals surface area contributed by atoms with Gasteiger partial charge in [-0.25, -0.2) is 9.18 Å². The smallest absolute Gasteiger partial charge is 0.339 e. The van der Waals surface area contributed by atoms with E-state index in [2.05, 4.69) is 0 Å². The van der Waals surface area contributed by atoms with Gasteiger partial charge in [-0.1, -0.05) is 13.0 Å². The van der Waals surface area contributed by atoms with Gasteiger partial charge in [0.2, 0.25) is 0 Å². The number of aromatic carboxylic acids is 1. The first-order valence-corrected chi connectivity index (χ1v) is 4.86. The maximum absolute atomic E-state index is 13.4. The van der Waals surface area contributed by atoms with E-state index in [1.54, 1.807) is 19.1 Å². The van der Waals surface area contributed by atoms with Crippen LogP contribution in [0.15, 0.2) is 12.1 Å². The van der Waals surface area contributed by atoms with Crippen molar-refractivity contribution in [2.75, 3.05) is 0 Å². The molecule has 0 aliphatic carbocycles. The second kappa shape index (κ2) is 4.04. The van der Waals surface area contributed by atoms with Crippen LogP contribution < -0.4 is 0 Å². The molecule has 0 spiro atoms. The molecule has 4 heteroatoms. The molecule has 0 saturated heterocycles. The number of carboxylic acids is 1. The summed E-state index contributed by atoms with van der Waals surface area (Å²) in [5.41, 5.74) is 0.220. The van der Waals surface area contributed by atoms with Crippen molar-refractivity contribution < 1.29 is 14.3 Å². The fourth-order valence-corrected chi connectivity index (χ4v) is 1.71. The zero-order valence-corrected chi connectivity index (χ0v) is 9.13. The highest BCUT2D eigenvalue weighted by atomic mass is 127. The summed E-state index contributed by atoms with van der Waals surface area (Å²) in [5, 5.41) is 8.72. The number of carboxylic acid groups (broad SMARTS) is 1. The Balaban J connectivity index is 3.38. The summed E-state index contributed by atoms with van der Waals surface area (Å²) < 4.78 is 13.8. The first-order chi connectivity index (χ1) is 6.07. The van der Waals surface area contributed by atoms with Crippen LogP contribution in [0.25, 0.3) is 0 Å². The maximum Gasteiger partial charge on any atom is 0.339 e. The van der Waals surface area contributed by atoms with Crippen LogP contribution >= 0.6 is 22.6 Å². The lowest BCUT2D eigenvalue weighted by atomic mass is 10.1. The summed E-state index contributed by atoms with van der Waals surface area (Å²) in [6, 6.07) is 3.23. The molecule has 0 aliphatic rings. The minimum Gasteiger partial charge on any atom is -0.478 e. The Hall–Kier alpha value is -0.650. The normalized spacial score (nSPS) is 10.1. The lowest BCUT2D eigenvalue weighted by Crippen LogP contribution is -2.06. The van der Waals surface area contributed by atoms with Gasteiger partial charge in [0.05, 0.1) is 0 Å². The maximum atomic E-state index is 13.4. The van der Waals surface area contributed by atoms with Crippen molar-refractivity contribution in [2.45, 2.75) is 13.3 Å². The van der Waals surface area contributed by atoms with Crippen LogP contribution in [-0.4, -0.2) is 11.1 Å². The van der Waals surface area contributed by atoms with Gasteiger partial charge in [0, 0.05) is 3.57 Å². The van der Waals surface area contributed by atoms with E-state index in [4.69, 9.17) is 5.11 Å². The second-order valence-corrected chi connectivity index (χ2v) is 3.72. The van der Waals surface area contributed by atoms with Crippen LogP contribution in [0.1, 0.15) is 22.8 Å². The van der Waals surface area contributed by atoms with E-state index < -0.39 is 11.8 Å². The van der Waals surface area contributed by atoms with E-state index in [0.717, 1.165) is 0 Å². The molecule has 0 bridgehead atoms. The molecule has 1 rings (SSSR count). The molecule has 0 unspecified atom stereocenters. The molecule has 1 aromatic rings. The lowest BCUT2D eigenvalue weighted by molar-refractivity contribution is 0.0690. The number of hydrogen-bond donors (Lipinski definition) is 1. The van der Waals surface area contributed by atoms with Crippen molar-refractivity contribution >= 4 is 28.6 Å². The molecule has 1 aromatic carbocycles. The van der Waals surface area contributed by atoms with Gasteiger partial charge in [-0.15, -0.1) is 0 Å². The first-order valence-electron chi connectivity index (χ1n) is 3.78. The second-order valence-electron chi connectivity index (χ2n) is 2.55. The van der Waals surface area contributed by atoms with Crippen molar-refractivity contribution in [3.8, 4) is 0 Å². The molecular formula is C9H8FIO2. The molecule has 0 radical (unpaired) electrons. The van der Waals surface area contributed by atoms with Crippen molar-refractivity contribution in [1.29, 1.82) is 0 Å². The molecule has 0 amide bonds. The number of rotatable bonds is 2. The Kier molecular flexibility index (Phi) is 3.24. The van der Waals surface area contributed by atoms with E-state index in [1.807, 2.05) is 22.6 Å². The quantitative estimate of drug-likeness (QED) is 0.852. The fourth-order valence-electron chi connectivity index (χ4n) is 1.06. The van der Waals surface area contributed by atoms with Crippen molar-refractivity contribution in [2.24, 2.45) is 0 Å². The summed E-state index contributed by atoms with van der Waals surface area (Å²) in [6.07, 6.45) is 0.503. The van der Waals surface area contributed by atoms with Crippen LogP contribution in [0.5, 0.6) is 0 Å². The summed E-state index contributed by atoms with van der Waals surface area (Å²) >= 11 is 1.81. The summed E-state index contributed by atoms with van der Waals surface area (Å²) in [5.74, 6) is -1.82. The third-order valence-corrected chi connectivity index (χ3v) is 2.66. The fraction of sp³-hybridized carbons (Fsp3) is 0.222. The Bertz CT molecular complexity index is 350. The summed E-state index contributed by atoms with van der Waals surface area (Å²) in [4.78, 5) is 10.7. The van der Waals surface area contributed by atoms with Crippen LogP contribution in [0, 0.1) is 9.39 Å². The van der Waals surface area contributed by atoms with E-state index >= 15 is 0 Å². The number of carbonyl (C=O) groups is 1. The molecule has 70 valence electrons. The third kappa shape index (κ3) is 1.99. The number of aryl methyl sites for hydroxylation is 1. The van der Waals surface area contributed by atoms with Crippen molar-refractivity contribution in [1.82, 2.24) is 0 Å². The molecule has 0 saturated carbocycles. The summed E-state index contributed by atoms with van der Waals surface area (Å²) in [6.45, 7) is 1.79. The van der Waals surface area contributed by atoms with E-state index in [9.17, 15) is 9.18 Å². The van der Waals surface area contributed by atoms with E-state index in [-0.39, 0.29) is 5.56 Å². The molecule has 0 aliphatic heterocycles. The number of benzene rings is 1. The Morgan fingerprint density at radius 3 is 2.69 bits per heavy atom. The van der Waals surface area contributed by atoms with Crippen molar-refractivity contribution in [3.05, 3.63) is 32.6 Å². The van der Waals surface area contributed by atoms with Gasteiger partial charge < -0.3 is 5.11 Å². The highest BCUT2D eigenvalue weighted by molar-refractivity contribution is 14.1. The molecular weight excluding hydrogens is 286 g/mol. The van der Waals surface area contributed by atoms with Crippen LogP contribution in [0.2, 0.25) is 0 Å². The average molecular weight is 294 g/mol. The molecule has 0 heterocycles. The molecule has 0 aromatic heterocycles. The minimum absolute atomic E-state index is 0.222. The zero-order valence-electron chi connectivity index (χ0n) is 6.97. The molecule has 2 nitrogen and oxygen atoms in total. The molecule has 13 heavy (non-hydrogen) atoms. The average Bonchev–Trinajstić information content (AvgIpc) is 2.04. The monoisotopic (exact) mass is 294 g/mol. The standard InChI is InChI=1S/C9H8FIO2/c1-2-5-3-4-6(11)7(8(5)10)9(12)13/h3-4H,2H2,1H3,(H,12,13). The van der Waals surface area contributed by atoms with E-state index in [0.29, 0.717) is 15.6 Å². The van der Waals surface area contributed by atoms with Gasteiger partial charge in [-0.05, 0) is 40.6 Å². The van der Waals surface area contributed by atoms with Crippen LogP contribution in [0.3, 0.4) is 0 Å². The molecule has 0 atom stereocenters. The summed E-state index contributed by atoms with van der Waals surface area (Å²) in [7, 11) is 0. The number of halogens is 2. The highest BCUT2D eigenvalue weighted by Gasteiger charge is 2.16. The van der Waals surface area contributed by atoms with Gasteiger partial charge in [0.15, 0.2) is 0 Å².